The van der Waals surface area contributed by atoms with Crippen molar-refractivity contribution in [3.8, 4) is 0 Å². The number of thiophene rings is 1. The maximum absolute atomic E-state index is 9.89. The second-order valence-electron chi connectivity index (χ2n) is 4.55. The Kier molecular flexibility index (Phi) is 4.77. The Bertz CT molecular complexity index is 269. The quantitative estimate of drug-likeness (QED) is 0.783. The van der Waals surface area contributed by atoms with Gasteiger partial charge in [0, 0.05) is 17.0 Å². The van der Waals surface area contributed by atoms with E-state index in [-0.39, 0.29) is 11.6 Å². The highest BCUT2D eigenvalue weighted by molar-refractivity contribution is 7.10. The summed E-state index contributed by atoms with van der Waals surface area (Å²) >= 11 is 1.60. The van der Waals surface area contributed by atoms with Crippen molar-refractivity contribution in [1.82, 2.24) is 5.32 Å². The van der Waals surface area contributed by atoms with Gasteiger partial charge in [0.1, 0.15) is 6.10 Å². The van der Waals surface area contributed by atoms with Gasteiger partial charge in [-0.1, -0.05) is 19.4 Å². The van der Waals surface area contributed by atoms with Crippen molar-refractivity contribution in [3.05, 3.63) is 22.4 Å². The van der Waals surface area contributed by atoms with Gasteiger partial charge in [0.05, 0.1) is 0 Å². The Hall–Kier alpha value is -0.380. The summed E-state index contributed by atoms with van der Waals surface area (Å²) in [5.74, 6) is 0. The summed E-state index contributed by atoms with van der Waals surface area (Å²) in [6.45, 7) is 7.17. The lowest BCUT2D eigenvalue weighted by molar-refractivity contribution is 0.162. The predicted octanol–water partition coefficient (Wildman–Crippen LogP) is 2.95. The zero-order valence-corrected chi connectivity index (χ0v) is 10.6. The highest BCUT2D eigenvalue weighted by Crippen LogP contribution is 2.19. The van der Waals surface area contributed by atoms with Crippen molar-refractivity contribution in [1.29, 1.82) is 0 Å². The van der Waals surface area contributed by atoms with Crippen LogP contribution in [0.15, 0.2) is 17.5 Å². The largest absolute Gasteiger partial charge is 0.386 e. The lowest BCUT2D eigenvalue weighted by Gasteiger charge is -2.27. The molecule has 86 valence electrons. The lowest BCUT2D eigenvalue weighted by atomic mass is 9.99. The van der Waals surface area contributed by atoms with E-state index in [9.17, 15) is 5.11 Å². The minimum absolute atomic E-state index is 0.118. The molecule has 15 heavy (non-hydrogen) atoms. The van der Waals surface area contributed by atoms with E-state index in [1.165, 1.54) is 0 Å². The molecule has 0 aliphatic rings. The average Bonchev–Trinajstić information content (AvgIpc) is 2.67. The summed E-state index contributed by atoms with van der Waals surface area (Å²) in [6.07, 6.45) is 1.92. The van der Waals surface area contributed by atoms with Crippen LogP contribution in [-0.2, 0) is 0 Å². The van der Waals surface area contributed by atoms with E-state index in [1.54, 1.807) is 11.3 Å². The van der Waals surface area contributed by atoms with Gasteiger partial charge >= 0.3 is 0 Å². The molecule has 0 aromatic carbocycles. The first-order valence-corrected chi connectivity index (χ1v) is 6.39. The fourth-order valence-corrected chi connectivity index (χ4v) is 2.38. The molecule has 0 radical (unpaired) electrons. The van der Waals surface area contributed by atoms with Crippen molar-refractivity contribution in [2.24, 2.45) is 0 Å². The Morgan fingerprint density at radius 2 is 2.27 bits per heavy atom. The second kappa shape index (κ2) is 5.64. The van der Waals surface area contributed by atoms with Crippen molar-refractivity contribution in [2.45, 2.75) is 45.3 Å². The molecule has 0 aliphatic carbocycles. The minimum atomic E-state index is -0.374. The van der Waals surface area contributed by atoms with Crippen LogP contribution in [0.4, 0.5) is 0 Å². The molecule has 0 saturated heterocycles. The smallest absolute Gasteiger partial charge is 0.101 e. The maximum Gasteiger partial charge on any atom is 0.101 e. The topological polar surface area (TPSA) is 32.3 Å². The number of rotatable bonds is 6. The van der Waals surface area contributed by atoms with E-state index < -0.39 is 0 Å². The first-order valence-electron chi connectivity index (χ1n) is 5.51. The number of β-amino-alcohol motifs (C(OH)–C–C–N with tert-alkyl or cyclic N) is 1. The zero-order chi connectivity index (χ0) is 11.3. The fourth-order valence-electron chi connectivity index (χ4n) is 1.67. The molecule has 0 amide bonds. The summed E-state index contributed by atoms with van der Waals surface area (Å²) in [6, 6.07) is 3.95. The molecule has 3 heteroatoms. The van der Waals surface area contributed by atoms with Gasteiger partial charge in [0.2, 0.25) is 0 Å². The van der Waals surface area contributed by atoms with Gasteiger partial charge < -0.3 is 10.4 Å². The van der Waals surface area contributed by atoms with Crippen LogP contribution in [0.1, 0.15) is 44.6 Å². The van der Waals surface area contributed by atoms with Gasteiger partial charge in [-0.15, -0.1) is 11.3 Å². The third kappa shape index (κ3) is 4.33. The number of aliphatic hydroxyl groups excluding tert-OH is 1. The molecular formula is C12H21NOS. The molecule has 1 unspecified atom stereocenters. The van der Waals surface area contributed by atoms with Crippen LogP contribution in [0.3, 0.4) is 0 Å². The Balaban J connectivity index is 2.37. The average molecular weight is 227 g/mol. The Morgan fingerprint density at radius 1 is 1.53 bits per heavy atom. The number of aliphatic hydroxyl groups is 1. The second-order valence-corrected chi connectivity index (χ2v) is 5.53. The molecule has 1 atom stereocenters. The summed E-state index contributed by atoms with van der Waals surface area (Å²) < 4.78 is 0. The zero-order valence-electron chi connectivity index (χ0n) is 9.79. The normalized spacial score (nSPS) is 14.1. The standard InChI is InChI=1S/C12H21NOS/c1-4-7-12(2,3)13-9-10(14)11-6-5-8-15-11/h5-6,8,10,13-14H,4,7,9H2,1-3H3. The van der Waals surface area contributed by atoms with Gasteiger partial charge in [-0.05, 0) is 31.7 Å². The molecular weight excluding hydrogens is 206 g/mol. The van der Waals surface area contributed by atoms with Crippen LogP contribution in [-0.4, -0.2) is 17.2 Å². The van der Waals surface area contributed by atoms with Gasteiger partial charge in [-0.2, -0.15) is 0 Å². The van der Waals surface area contributed by atoms with Crippen LogP contribution in [0.5, 0.6) is 0 Å². The Morgan fingerprint density at radius 3 is 2.80 bits per heavy atom. The van der Waals surface area contributed by atoms with Crippen LogP contribution < -0.4 is 5.32 Å². The van der Waals surface area contributed by atoms with E-state index in [0.717, 1.165) is 17.7 Å². The van der Waals surface area contributed by atoms with E-state index in [4.69, 9.17) is 0 Å². The van der Waals surface area contributed by atoms with E-state index in [2.05, 4.69) is 26.1 Å². The summed E-state index contributed by atoms with van der Waals surface area (Å²) in [4.78, 5) is 1.04. The van der Waals surface area contributed by atoms with E-state index >= 15 is 0 Å². The third-order valence-electron chi connectivity index (χ3n) is 2.52. The molecule has 2 nitrogen and oxygen atoms in total. The Labute approximate surface area is 96.3 Å². The van der Waals surface area contributed by atoms with Crippen molar-refractivity contribution >= 4 is 11.3 Å². The molecule has 0 saturated carbocycles. The molecule has 0 spiro atoms. The molecule has 1 heterocycles. The molecule has 2 N–H and O–H groups in total. The van der Waals surface area contributed by atoms with Crippen molar-refractivity contribution < 1.29 is 5.11 Å². The predicted molar refractivity (Wildman–Crippen MR) is 66.3 cm³/mol. The number of nitrogens with one attached hydrogen (secondary N) is 1. The van der Waals surface area contributed by atoms with Gasteiger partial charge in [0.15, 0.2) is 0 Å². The molecule has 1 aromatic rings. The highest BCUT2D eigenvalue weighted by Gasteiger charge is 2.18. The first kappa shape index (κ1) is 12.7. The molecule has 0 bridgehead atoms. The molecule has 1 rings (SSSR count). The third-order valence-corrected chi connectivity index (χ3v) is 3.49. The highest BCUT2D eigenvalue weighted by atomic mass is 32.1. The van der Waals surface area contributed by atoms with E-state index in [0.29, 0.717) is 6.54 Å². The van der Waals surface area contributed by atoms with E-state index in [1.807, 2.05) is 17.5 Å². The van der Waals surface area contributed by atoms with Crippen molar-refractivity contribution in [3.63, 3.8) is 0 Å². The van der Waals surface area contributed by atoms with Crippen LogP contribution >= 0.6 is 11.3 Å². The van der Waals surface area contributed by atoms with Crippen LogP contribution in [0, 0.1) is 0 Å². The maximum atomic E-state index is 9.89. The summed E-state index contributed by atoms with van der Waals surface area (Å²) in [7, 11) is 0. The van der Waals surface area contributed by atoms with Gasteiger partial charge in [-0.25, -0.2) is 0 Å². The monoisotopic (exact) mass is 227 g/mol. The summed E-state index contributed by atoms with van der Waals surface area (Å²) in [5, 5.41) is 15.3. The fraction of sp³-hybridized carbons (Fsp3) is 0.667. The first-order chi connectivity index (χ1) is 7.05. The molecule has 1 aromatic heterocycles. The molecule has 0 fully saturated rings. The minimum Gasteiger partial charge on any atom is -0.386 e. The lowest BCUT2D eigenvalue weighted by Crippen LogP contribution is -2.41. The van der Waals surface area contributed by atoms with Crippen molar-refractivity contribution in [2.75, 3.05) is 6.54 Å². The van der Waals surface area contributed by atoms with Crippen LogP contribution in [0.25, 0.3) is 0 Å². The molecule has 0 aliphatic heterocycles. The van der Waals surface area contributed by atoms with Crippen LogP contribution in [0.2, 0.25) is 0 Å². The van der Waals surface area contributed by atoms with Gasteiger partial charge in [0.25, 0.3) is 0 Å². The number of hydrogen-bond donors (Lipinski definition) is 2. The number of hydrogen-bond acceptors (Lipinski definition) is 3. The van der Waals surface area contributed by atoms with Gasteiger partial charge in [-0.3, -0.25) is 0 Å². The summed E-state index contributed by atoms with van der Waals surface area (Å²) in [5.41, 5.74) is 0.118. The SMILES string of the molecule is CCCC(C)(C)NCC(O)c1cccs1.